The van der Waals surface area contributed by atoms with E-state index in [1.165, 1.54) is 0 Å². The number of nitrogens with one attached hydrogen (secondary N) is 1. The summed E-state index contributed by atoms with van der Waals surface area (Å²) in [6.07, 6.45) is 0.935. The lowest BCUT2D eigenvalue weighted by Crippen LogP contribution is -2.37. The molecule has 0 bridgehead atoms. The molecule has 124 valence electrons. The van der Waals surface area contributed by atoms with E-state index in [1.54, 1.807) is 6.07 Å². The second-order valence-electron chi connectivity index (χ2n) is 5.14. The smallest absolute Gasteiger partial charge is 0.249 e. The Labute approximate surface area is 140 Å². The molecule has 0 saturated heterocycles. The lowest BCUT2D eigenvalue weighted by atomic mass is 10.2. The molecule has 0 fully saturated rings. The average Bonchev–Trinajstić information content (AvgIpc) is 2.96. The molecule has 6 nitrogen and oxygen atoms in total. The molecule has 2 rings (SSSR count). The third kappa shape index (κ3) is 5.04. The zero-order chi connectivity index (χ0) is 16.7. The normalized spacial score (nSPS) is 11.0. The van der Waals surface area contributed by atoms with Crippen LogP contribution < -0.4 is 5.32 Å². The van der Waals surface area contributed by atoms with Crippen LogP contribution in [0.3, 0.4) is 0 Å². The number of carbonyl (C=O) groups excluding carboxylic acids is 1. The summed E-state index contributed by atoms with van der Waals surface area (Å²) < 4.78 is 5.69. The van der Waals surface area contributed by atoms with Gasteiger partial charge in [0.2, 0.25) is 17.7 Å². The van der Waals surface area contributed by atoms with E-state index in [2.05, 4.69) is 22.4 Å². The second-order valence-corrected chi connectivity index (χ2v) is 5.55. The standard InChI is InChI=1S/C16H21ClN4O2/c1-3-9-21(10-14(22)18-4-2)11-15-19-20-16(23-15)12-7-5-6-8-13(12)17/h5-8H,3-4,9-11H2,1-2H3,(H,18,22). The molecule has 2 aromatic rings. The van der Waals surface area contributed by atoms with Crippen LogP contribution in [0.2, 0.25) is 5.02 Å². The SMILES string of the molecule is CCCN(CC(=O)NCC)Cc1nnc(-c2ccccc2Cl)o1. The van der Waals surface area contributed by atoms with Gasteiger partial charge in [0.25, 0.3) is 0 Å². The summed E-state index contributed by atoms with van der Waals surface area (Å²) >= 11 is 6.14. The summed E-state index contributed by atoms with van der Waals surface area (Å²) in [4.78, 5) is 13.7. The van der Waals surface area contributed by atoms with E-state index in [0.717, 1.165) is 13.0 Å². The summed E-state index contributed by atoms with van der Waals surface area (Å²) in [7, 11) is 0. The summed E-state index contributed by atoms with van der Waals surface area (Å²) in [6.45, 7) is 6.11. The maximum atomic E-state index is 11.8. The molecule has 0 radical (unpaired) electrons. The predicted molar refractivity (Wildman–Crippen MR) is 89.0 cm³/mol. The van der Waals surface area contributed by atoms with Crippen molar-refractivity contribution in [3.63, 3.8) is 0 Å². The monoisotopic (exact) mass is 336 g/mol. The van der Waals surface area contributed by atoms with Gasteiger partial charge in [0.15, 0.2) is 0 Å². The van der Waals surface area contributed by atoms with Gasteiger partial charge in [-0.1, -0.05) is 30.7 Å². The predicted octanol–water partition coefficient (Wildman–Crippen LogP) is 2.74. The van der Waals surface area contributed by atoms with E-state index in [9.17, 15) is 4.79 Å². The molecule has 23 heavy (non-hydrogen) atoms. The molecule has 0 unspecified atom stereocenters. The van der Waals surface area contributed by atoms with Gasteiger partial charge in [0.1, 0.15) is 0 Å². The van der Waals surface area contributed by atoms with E-state index in [-0.39, 0.29) is 5.91 Å². The number of benzene rings is 1. The Morgan fingerprint density at radius 3 is 2.78 bits per heavy atom. The number of hydrogen-bond donors (Lipinski definition) is 1. The minimum Gasteiger partial charge on any atom is -0.419 e. The maximum absolute atomic E-state index is 11.8. The largest absolute Gasteiger partial charge is 0.419 e. The third-order valence-corrected chi connectivity index (χ3v) is 3.54. The molecule has 7 heteroatoms. The van der Waals surface area contributed by atoms with Crippen molar-refractivity contribution in [1.82, 2.24) is 20.4 Å². The summed E-state index contributed by atoms with van der Waals surface area (Å²) in [5, 5.41) is 11.5. The Balaban J connectivity index is 2.06. The van der Waals surface area contributed by atoms with Gasteiger partial charge in [-0.15, -0.1) is 10.2 Å². The number of nitrogens with zero attached hydrogens (tertiary/aromatic N) is 3. The molecule has 0 aliphatic heterocycles. The second kappa shape index (κ2) is 8.64. The van der Waals surface area contributed by atoms with Gasteiger partial charge in [-0.2, -0.15) is 0 Å². The van der Waals surface area contributed by atoms with Gasteiger partial charge in [-0.3, -0.25) is 9.69 Å². The van der Waals surface area contributed by atoms with E-state index in [4.69, 9.17) is 16.0 Å². The van der Waals surface area contributed by atoms with Crippen LogP contribution in [0.4, 0.5) is 0 Å². The summed E-state index contributed by atoms with van der Waals surface area (Å²) in [5.74, 6) is 0.851. The summed E-state index contributed by atoms with van der Waals surface area (Å²) in [5.41, 5.74) is 0.707. The molecule has 1 N–H and O–H groups in total. The minimum atomic E-state index is -0.00760. The van der Waals surface area contributed by atoms with Gasteiger partial charge < -0.3 is 9.73 Å². The molecule has 1 heterocycles. The number of aromatic nitrogens is 2. The maximum Gasteiger partial charge on any atom is 0.249 e. The van der Waals surface area contributed by atoms with Gasteiger partial charge >= 0.3 is 0 Å². The molecule has 0 spiro atoms. The molecule has 0 aliphatic carbocycles. The lowest BCUT2D eigenvalue weighted by Gasteiger charge is -2.18. The fourth-order valence-corrected chi connectivity index (χ4v) is 2.46. The Morgan fingerprint density at radius 2 is 2.09 bits per heavy atom. The van der Waals surface area contributed by atoms with Crippen molar-refractivity contribution in [2.75, 3.05) is 19.6 Å². The number of hydrogen-bond acceptors (Lipinski definition) is 5. The summed E-state index contributed by atoms with van der Waals surface area (Å²) in [6, 6.07) is 7.32. The van der Waals surface area contributed by atoms with Crippen molar-refractivity contribution in [2.45, 2.75) is 26.8 Å². The Bertz CT molecular complexity index is 645. The van der Waals surface area contributed by atoms with Crippen LogP contribution in [0.1, 0.15) is 26.2 Å². The molecule has 0 aliphatic rings. The number of amides is 1. The van der Waals surface area contributed by atoms with Gasteiger partial charge in [0, 0.05) is 6.54 Å². The highest BCUT2D eigenvalue weighted by Crippen LogP contribution is 2.26. The van der Waals surface area contributed by atoms with Crippen LogP contribution in [0.25, 0.3) is 11.5 Å². The molecule has 1 amide bonds. The lowest BCUT2D eigenvalue weighted by molar-refractivity contribution is -0.122. The highest BCUT2D eigenvalue weighted by molar-refractivity contribution is 6.33. The average molecular weight is 337 g/mol. The molecule has 0 saturated carbocycles. The number of likely N-dealkylation sites (N-methyl/N-ethyl adjacent to an activating group) is 1. The van der Waals surface area contributed by atoms with Crippen LogP contribution in [-0.4, -0.2) is 40.6 Å². The van der Waals surface area contributed by atoms with E-state index < -0.39 is 0 Å². The van der Waals surface area contributed by atoms with Gasteiger partial charge in [-0.05, 0) is 32.0 Å². The van der Waals surface area contributed by atoms with Crippen molar-refractivity contribution in [3.05, 3.63) is 35.2 Å². The van der Waals surface area contributed by atoms with Crippen molar-refractivity contribution in [2.24, 2.45) is 0 Å². The van der Waals surface area contributed by atoms with E-state index in [0.29, 0.717) is 42.0 Å². The highest BCUT2D eigenvalue weighted by atomic mass is 35.5. The molecular formula is C16H21ClN4O2. The van der Waals surface area contributed by atoms with Crippen LogP contribution in [0.15, 0.2) is 28.7 Å². The van der Waals surface area contributed by atoms with Crippen LogP contribution in [0, 0.1) is 0 Å². The number of carbonyl (C=O) groups is 1. The Hall–Kier alpha value is -1.92. The Morgan fingerprint density at radius 1 is 1.30 bits per heavy atom. The first-order valence-electron chi connectivity index (χ1n) is 7.70. The van der Waals surface area contributed by atoms with Crippen molar-refractivity contribution in [3.8, 4) is 11.5 Å². The number of rotatable bonds is 8. The molecule has 1 aromatic heterocycles. The first-order chi connectivity index (χ1) is 11.1. The molecule has 1 aromatic carbocycles. The fourth-order valence-electron chi connectivity index (χ4n) is 2.24. The Kier molecular flexibility index (Phi) is 6.55. The quantitative estimate of drug-likeness (QED) is 0.802. The van der Waals surface area contributed by atoms with Crippen molar-refractivity contribution in [1.29, 1.82) is 0 Å². The van der Waals surface area contributed by atoms with E-state index >= 15 is 0 Å². The van der Waals surface area contributed by atoms with Gasteiger partial charge in [0.05, 0.1) is 23.7 Å². The van der Waals surface area contributed by atoms with Crippen molar-refractivity contribution < 1.29 is 9.21 Å². The van der Waals surface area contributed by atoms with Crippen LogP contribution >= 0.6 is 11.6 Å². The zero-order valence-corrected chi connectivity index (χ0v) is 14.1. The van der Waals surface area contributed by atoms with Crippen LogP contribution in [0.5, 0.6) is 0 Å². The minimum absolute atomic E-state index is 0.00760. The van der Waals surface area contributed by atoms with Gasteiger partial charge in [-0.25, -0.2) is 0 Å². The third-order valence-electron chi connectivity index (χ3n) is 3.21. The first kappa shape index (κ1) is 17.4. The first-order valence-corrected chi connectivity index (χ1v) is 8.08. The fraction of sp³-hybridized carbons (Fsp3) is 0.438. The topological polar surface area (TPSA) is 71.3 Å². The highest BCUT2D eigenvalue weighted by Gasteiger charge is 2.16. The molecule has 0 atom stereocenters. The van der Waals surface area contributed by atoms with E-state index in [1.807, 2.05) is 30.0 Å². The zero-order valence-electron chi connectivity index (χ0n) is 13.4. The van der Waals surface area contributed by atoms with Crippen LogP contribution in [-0.2, 0) is 11.3 Å². The molecular weight excluding hydrogens is 316 g/mol. The number of halogens is 1. The van der Waals surface area contributed by atoms with Crippen molar-refractivity contribution >= 4 is 17.5 Å².